The van der Waals surface area contributed by atoms with Crippen LogP contribution in [0.15, 0.2) is 34.4 Å². The third-order valence-corrected chi connectivity index (χ3v) is 6.68. The molecule has 2 amide bonds. The third kappa shape index (κ3) is 5.44. The molecule has 7 nitrogen and oxygen atoms in total. The zero-order valence-electron chi connectivity index (χ0n) is 16.4. The first-order valence-corrected chi connectivity index (χ1v) is 11.0. The SMILES string of the molecule is O=C(N/C(C(=O)N1CCCCC1)=C(/Br)C1CCCCC1)c1ccc([N+](=O)[O-])cc1. The number of carbonyl (C=O) groups excluding carboxylic acids is 2. The molecule has 1 aliphatic heterocycles. The molecule has 1 saturated carbocycles. The van der Waals surface area contributed by atoms with Crippen LogP contribution in [-0.4, -0.2) is 34.7 Å². The van der Waals surface area contributed by atoms with Crippen LogP contribution in [0.5, 0.6) is 0 Å². The fourth-order valence-electron chi connectivity index (χ4n) is 3.95. The van der Waals surface area contributed by atoms with Gasteiger partial charge in [0, 0.05) is 35.3 Å². The molecule has 1 heterocycles. The predicted molar refractivity (Wildman–Crippen MR) is 114 cm³/mol. The molecule has 1 saturated heterocycles. The van der Waals surface area contributed by atoms with Crippen molar-refractivity contribution in [3.8, 4) is 0 Å². The van der Waals surface area contributed by atoms with Crippen LogP contribution in [-0.2, 0) is 4.79 Å². The molecular formula is C21H26BrN3O4. The molecule has 0 aromatic heterocycles. The number of non-ortho nitro benzene ring substituents is 1. The van der Waals surface area contributed by atoms with E-state index < -0.39 is 10.8 Å². The van der Waals surface area contributed by atoms with E-state index in [9.17, 15) is 19.7 Å². The van der Waals surface area contributed by atoms with Gasteiger partial charge in [0.05, 0.1) is 4.92 Å². The number of allylic oxidation sites excluding steroid dienone is 1. The summed E-state index contributed by atoms with van der Waals surface area (Å²) in [5.41, 5.74) is 0.510. The summed E-state index contributed by atoms with van der Waals surface area (Å²) < 4.78 is 0.767. The van der Waals surface area contributed by atoms with Crippen LogP contribution in [0.2, 0.25) is 0 Å². The number of carbonyl (C=O) groups is 2. The van der Waals surface area contributed by atoms with E-state index in [1.165, 1.54) is 30.7 Å². The number of halogens is 1. The maximum absolute atomic E-state index is 13.2. The Balaban J connectivity index is 1.84. The average Bonchev–Trinajstić information content (AvgIpc) is 2.77. The van der Waals surface area contributed by atoms with Crippen LogP contribution in [0.4, 0.5) is 5.69 Å². The van der Waals surface area contributed by atoms with E-state index in [2.05, 4.69) is 21.2 Å². The molecule has 0 bridgehead atoms. The lowest BCUT2D eigenvalue weighted by molar-refractivity contribution is -0.384. The summed E-state index contributed by atoms with van der Waals surface area (Å²) in [5.74, 6) is -0.366. The second-order valence-corrected chi connectivity index (χ2v) is 8.52. The number of amides is 2. The van der Waals surface area contributed by atoms with E-state index in [0.29, 0.717) is 18.8 Å². The van der Waals surface area contributed by atoms with Crippen LogP contribution in [0.1, 0.15) is 61.7 Å². The molecule has 0 radical (unpaired) electrons. The van der Waals surface area contributed by atoms with E-state index >= 15 is 0 Å². The summed E-state index contributed by atoms with van der Waals surface area (Å²) in [5, 5.41) is 13.6. The first-order valence-electron chi connectivity index (χ1n) is 10.2. The molecule has 0 unspecified atom stereocenters. The Morgan fingerprint density at radius 1 is 1.00 bits per heavy atom. The molecule has 3 rings (SSSR count). The second kappa shape index (κ2) is 10.0. The molecule has 156 valence electrons. The van der Waals surface area contributed by atoms with Crippen molar-refractivity contribution in [1.29, 1.82) is 0 Å². The number of hydrogen-bond donors (Lipinski definition) is 1. The van der Waals surface area contributed by atoms with Crippen molar-refractivity contribution >= 4 is 33.4 Å². The molecule has 1 aliphatic carbocycles. The van der Waals surface area contributed by atoms with Crippen LogP contribution in [0.25, 0.3) is 0 Å². The smallest absolute Gasteiger partial charge is 0.271 e. The van der Waals surface area contributed by atoms with Crippen LogP contribution >= 0.6 is 15.9 Å². The normalized spacial score (nSPS) is 18.7. The summed E-state index contributed by atoms with van der Waals surface area (Å²) >= 11 is 3.63. The van der Waals surface area contributed by atoms with E-state index in [4.69, 9.17) is 0 Å². The minimum Gasteiger partial charge on any atom is -0.337 e. The summed E-state index contributed by atoms with van der Waals surface area (Å²) in [6.07, 6.45) is 8.45. The van der Waals surface area contributed by atoms with Gasteiger partial charge in [-0.15, -0.1) is 0 Å². The van der Waals surface area contributed by atoms with E-state index in [-0.39, 0.29) is 23.1 Å². The highest BCUT2D eigenvalue weighted by atomic mass is 79.9. The van der Waals surface area contributed by atoms with Crippen molar-refractivity contribution in [2.24, 2.45) is 5.92 Å². The Hall–Kier alpha value is -2.22. The van der Waals surface area contributed by atoms with Crippen molar-refractivity contribution in [2.45, 2.75) is 51.4 Å². The zero-order valence-corrected chi connectivity index (χ0v) is 17.9. The van der Waals surface area contributed by atoms with Crippen LogP contribution < -0.4 is 5.32 Å². The first-order chi connectivity index (χ1) is 14.0. The Morgan fingerprint density at radius 2 is 1.59 bits per heavy atom. The van der Waals surface area contributed by atoms with Gasteiger partial charge in [0.2, 0.25) is 0 Å². The lowest BCUT2D eigenvalue weighted by Crippen LogP contribution is -2.42. The molecular weight excluding hydrogens is 438 g/mol. The number of rotatable bonds is 5. The summed E-state index contributed by atoms with van der Waals surface area (Å²) in [4.78, 5) is 38.2. The minimum atomic E-state index is -0.507. The van der Waals surface area contributed by atoms with Gasteiger partial charge in [0.25, 0.3) is 17.5 Å². The van der Waals surface area contributed by atoms with Crippen LogP contribution in [0, 0.1) is 16.0 Å². The first kappa shape index (κ1) is 21.5. The Labute approximate surface area is 178 Å². The van der Waals surface area contributed by atoms with Gasteiger partial charge < -0.3 is 10.2 Å². The Kier molecular flexibility index (Phi) is 7.41. The molecule has 29 heavy (non-hydrogen) atoms. The second-order valence-electron chi connectivity index (χ2n) is 7.67. The lowest BCUT2D eigenvalue weighted by Gasteiger charge is -2.30. The van der Waals surface area contributed by atoms with Gasteiger partial charge in [0.1, 0.15) is 5.70 Å². The van der Waals surface area contributed by atoms with Gasteiger partial charge in [-0.25, -0.2) is 0 Å². The lowest BCUT2D eigenvalue weighted by atomic mass is 9.88. The van der Waals surface area contributed by atoms with E-state index in [1.54, 1.807) is 4.90 Å². The number of piperidine rings is 1. The van der Waals surface area contributed by atoms with Gasteiger partial charge in [-0.1, -0.05) is 35.2 Å². The largest absolute Gasteiger partial charge is 0.337 e. The summed E-state index contributed by atoms with van der Waals surface area (Å²) in [7, 11) is 0. The molecule has 1 aromatic carbocycles. The fourth-order valence-corrected chi connectivity index (χ4v) is 4.68. The Morgan fingerprint density at radius 3 is 2.17 bits per heavy atom. The maximum Gasteiger partial charge on any atom is 0.271 e. The molecule has 2 aliphatic rings. The highest BCUT2D eigenvalue weighted by molar-refractivity contribution is 9.11. The Bertz CT molecular complexity index is 795. The highest BCUT2D eigenvalue weighted by Gasteiger charge is 2.28. The van der Waals surface area contributed by atoms with E-state index in [1.807, 2.05) is 0 Å². The predicted octanol–water partition coefficient (Wildman–Crippen LogP) is 4.52. The number of nitro benzene ring substituents is 1. The van der Waals surface area contributed by atoms with Crippen molar-refractivity contribution in [3.63, 3.8) is 0 Å². The molecule has 8 heteroatoms. The summed E-state index contributed by atoms with van der Waals surface area (Å²) in [6, 6.07) is 5.40. The third-order valence-electron chi connectivity index (χ3n) is 5.64. The van der Waals surface area contributed by atoms with Crippen molar-refractivity contribution < 1.29 is 14.5 Å². The van der Waals surface area contributed by atoms with Crippen molar-refractivity contribution in [3.05, 3.63) is 50.1 Å². The topological polar surface area (TPSA) is 92.6 Å². The van der Waals surface area contributed by atoms with Crippen LogP contribution in [0.3, 0.4) is 0 Å². The molecule has 1 N–H and O–H groups in total. The average molecular weight is 464 g/mol. The quantitative estimate of drug-likeness (QED) is 0.394. The van der Waals surface area contributed by atoms with Gasteiger partial charge >= 0.3 is 0 Å². The molecule has 0 spiro atoms. The number of likely N-dealkylation sites (tertiary alicyclic amines) is 1. The fraction of sp³-hybridized carbons (Fsp3) is 0.524. The molecule has 1 aromatic rings. The number of nitro groups is 1. The van der Waals surface area contributed by atoms with Crippen molar-refractivity contribution in [1.82, 2.24) is 10.2 Å². The monoisotopic (exact) mass is 463 g/mol. The number of benzene rings is 1. The maximum atomic E-state index is 13.2. The zero-order chi connectivity index (χ0) is 20.8. The molecule has 2 fully saturated rings. The minimum absolute atomic E-state index is 0.0786. The molecule has 0 atom stereocenters. The summed E-state index contributed by atoms with van der Waals surface area (Å²) in [6.45, 7) is 1.39. The van der Waals surface area contributed by atoms with Gasteiger partial charge in [-0.3, -0.25) is 19.7 Å². The van der Waals surface area contributed by atoms with E-state index in [0.717, 1.165) is 49.4 Å². The number of hydrogen-bond acceptors (Lipinski definition) is 4. The van der Waals surface area contributed by atoms with Gasteiger partial charge in [0.15, 0.2) is 0 Å². The number of nitrogens with zero attached hydrogens (tertiary/aromatic N) is 2. The van der Waals surface area contributed by atoms with Gasteiger partial charge in [-0.2, -0.15) is 0 Å². The van der Waals surface area contributed by atoms with Gasteiger partial charge in [-0.05, 0) is 50.2 Å². The highest BCUT2D eigenvalue weighted by Crippen LogP contribution is 2.35. The standard InChI is InChI=1S/C21H26BrN3O4/c22-18(15-7-3-1-4-8-15)19(21(27)24-13-5-2-6-14-24)23-20(26)16-9-11-17(12-10-16)25(28)29/h9-12,15H,1-8,13-14H2,(H,23,26)/b19-18+. The van der Waals surface area contributed by atoms with Crippen molar-refractivity contribution in [2.75, 3.05) is 13.1 Å². The number of nitrogens with one attached hydrogen (secondary N) is 1.